The van der Waals surface area contributed by atoms with Crippen molar-refractivity contribution in [1.29, 1.82) is 0 Å². The number of thioether (sulfide) groups is 1. The monoisotopic (exact) mass is 470 g/mol. The van der Waals surface area contributed by atoms with E-state index < -0.39 is 17.1 Å². The summed E-state index contributed by atoms with van der Waals surface area (Å²) in [6.07, 6.45) is 1.48. The second-order valence-corrected chi connectivity index (χ2v) is 8.48. The van der Waals surface area contributed by atoms with Crippen LogP contribution in [0.4, 0.5) is 4.79 Å². The van der Waals surface area contributed by atoms with Crippen molar-refractivity contribution < 1.29 is 33.1 Å². The van der Waals surface area contributed by atoms with Crippen LogP contribution in [0.2, 0.25) is 0 Å². The van der Waals surface area contributed by atoms with Crippen LogP contribution in [-0.2, 0) is 19.1 Å². The third-order valence-electron chi connectivity index (χ3n) is 5.36. The van der Waals surface area contributed by atoms with Gasteiger partial charge >= 0.3 is 5.97 Å². The van der Waals surface area contributed by atoms with Gasteiger partial charge in [0.1, 0.15) is 18.1 Å². The lowest BCUT2D eigenvalue weighted by atomic mass is 10.0. The average molecular weight is 471 g/mol. The highest BCUT2D eigenvalue weighted by Gasteiger charge is 2.37. The van der Waals surface area contributed by atoms with E-state index in [9.17, 15) is 19.2 Å². The molecule has 33 heavy (non-hydrogen) atoms. The van der Waals surface area contributed by atoms with E-state index in [-0.39, 0.29) is 17.4 Å². The van der Waals surface area contributed by atoms with E-state index in [1.54, 1.807) is 35.2 Å². The molecule has 2 aromatic rings. The van der Waals surface area contributed by atoms with Crippen LogP contribution in [0.15, 0.2) is 39.7 Å². The zero-order valence-electron chi connectivity index (χ0n) is 18.2. The number of benzene rings is 1. The minimum Gasteiger partial charge on any atom is -0.465 e. The Labute approximate surface area is 194 Å². The van der Waals surface area contributed by atoms with Crippen LogP contribution in [0.5, 0.6) is 0 Å². The molecule has 0 bridgehead atoms. The number of amides is 3. The summed E-state index contributed by atoms with van der Waals surface area (Å²) in [5, 5.41) is -0.499. The summed E-state index contributed by atoms with van der Waals surface area (Å²) >= 11 is 0.765. The summed E-state index contributed by atoms with van der Waals surface area (Å²) in [4.78, 5) is 52.1. The van der Waals surface area contributed by atoms with Crippen LogP contribution >= 0.6 is 11.8 Å². The van der Waals surface area contributed by atoms with E-state index in [0.717, 1.165) is 22.2 Å². The van der Waals surface area contributed by atoms with Gasteiger partial charge in [-0.25, -0.2) is 4.79 Å². The predicted molar refractivity (Wildman–Crippen MR) is 120 cm³/mol. The van der Waals surface area contributed by atoms with Gasteiger partial charge in [0.05, 0.1) is 30.8 Å². The Hall–Kier alpha value is -3.37. The number of esters is 1. The highest BCUT2D eigenvalue weighted by molar-refractivity contribution is 8.18. The number of hydrogen-bond acceptors (Lipinski definition) is 8. The molecule has 0 atom stereocenters. The largest absolute Gasteiger partial charge is 0.465 e. The predicted octanol–water partition coefficient (Wildman–Crippen LogP) is 2.94. The van der Waals surface area contributed by atoms with Crippen molar-refractivity contribution in [2.75, 3.05) is 40.0 Å². The second kappa shape index (κ2) is 9.63. The molecule has 0 saturated carbocycles. The molecular formula is C23H22N2O7S. The fraction of sp³-hybridized carbons (Fsp3) is 0.304. The standard InChI is InChI=1S/C23H22N2O7S/c1-14-3-4-15(22(28)30-2)11-17(14)18-6-5-16(32-18)12-19-21(27)25(23(29)33-19)13-20(26)24-7-9-31-10-8-24/h3-6,11-12H,7-10,13H2,1-2H3/b19-12+. The van der Waals surface area contributed by atoms with Crippen LogP contribution in [0.25, 0.3) is 17.4 Å². The van der Waals surface area contributed by atoms with Gasteiger partial charge in [0.2, 0.25) is 5.91 Å². The Morgan fingerprint density at radius 3 is 2.64 bits per heavy atom. The maximum absolute atomic E-state index is 12.7. The molecule has 10 heteroatoms. The van der Waals surface area contributed by atoms with Gasteiger partial charge in [-0.15, -0.1) is 0 Å². The van der Waals surface area contributed by atoms with Gasteiger partial charge < -0.3 is 18.8 Å². The lowest BCUT2D eigenvalue weighted by Crippen LogP contribution is -2.46. The number of methoxy groups -OCH3 is 1. The summed E-state index contributed by atoms with van der Waals surface area (Å²) in [5.41, 5.74) is 1.99. The highest BCUT2D eigenvalue weighted by Crippen LogP contribution is 2.34. The highest BCUT2D eigenvalue weighted by atomic mass is 32.2. The number of aryl methyl sites for hydroxylation is 1. The van der Waals surface area contributed by atoms with Gasteiger partial charge in [0, 0.05) is 24.7 Å². The molecule has 3 amide bonds. The van der Waals surface area contributed by atoms with Crippen molar-refractivity contribution in [3.05, 3.63) is 52.1 Å². The molecule has 0 unspecified atom stereocenters. The number of morpholine rings is 1. The van der Waals surface area contributed by atoms with Gasteiger partial charge in [-0.3, -0.25) is 19.3 Å². The summed E-state index contributed by atoms with van der Waals surface area (Å²) in [6.45, 7) is 3.35. The maximum Gasteiger partial charge on any atom is 0.337 e. The van der Waals surface area contributed by atoms with E-state index in [0.29, 0.717) is 49.0 Å². The van der Waals surface area contributed by atoms with E-state index in [1.807, 2.05) is 6.92 Å². The topological polar surface area (TPSA) is 106 Å². The van der Waals surface area contributed by atoms with Crippen molar-refractivity contribution in [3.63, 3.8) is 0 Å². The van der Waals surface area contributed by atoms with Crippen LogP contribution in [0, 0.1) is 6.92 Å². The number of carbonyl (C=O) groups is 4. The van der Waals surface area contributed by atoms with Gasteiger partial charge in [0.15, 0.2) is 0 Å². The van der Waals surface area contributed by atoms with Crippen molar-refractivity contribution in [3.8, 4) is 11.3 Å². The smallest absolute Gasteiger partial charge is 0.337 e. The number of imide groups is 1. The van der Waals surface area contributed by atoms with E-state index in [1.165, 1.54) is 13.2 Å². The zero-order chi connectivity index (χ0) is 23.5. The molecule has 0 radical (unpaired) electrons. The van der Waals surface area contributed by atoms with Gasteiger partial charge in [-0.1, -0.05) is 6.07 Å². The molecule has 3 heterocycles. The second-order valence-electron chi connectivity index (χ2n) is 7.48. The molecule has 0 spiro atoms. The molecular weight excluding hydrogens is 448 g/mol. The van der Waals surface area contributed by atoms with E-state index in [4.69, 9.17) is 13.9 Å². The minimum absolute atomic E-state index is 0.177. The first-order chi connectivity index (χ1) is 15.9. The molecule has 2 saturated heterocycles. The summed E-state index contributed by atoms with van der Waals surface area (Å²) in [6, 6.07) is 8.53. The maximum atomic E-state index is 12.7. The molecule has 9 nitrogen and oxygen atoms in total. The Kier molecular flexibility index (Phi) is 6.66. The normalized spacial score (nSPS) is 17.7. The molecule has 2 aliphatic heterocycles. The number of ether oxygens (including phenoxy) is 2. The summed E-state index contributed by atoms with van der Waals surface area (Å²) in [7, 11) is 1.31. The van der Waals surface area contributed by atoms with E-state index >= 15 is 0 Å². The first-order valence-electron chi connectivity index (χ1n) is 10.3. The lowest BCUT2D eigenvalue weighted by Gasteiger charge is -2.27. The molecule has 4 rings (SSSR count). The van der Waals surface area contributed by atoms with Gasteiger partial charge in [0.25, 0.3) is 11.1 Å². The van der Waals surface area contributed by atoms with Crippen molar-refractivity contribution >= 4 is 40.9 Å². The third-order valence-corrected chi connectivity index (χ3v) is 6.26. The number of hydrogen-bond donors (Lipinski definition) is 0. The number of nitrogens with zero attached hydrogens (tertiary/aromatic N) is 2. The summed E-state index contributed by atoms with van der Waals surface area (Å²) in [5.74, 6) is -0.399. The molecule has 0 N–H and O–H groups in total. The molecule has 2 fully saturated rings. The lowest BCUT2D eigenvalue weighted by molar-refractivity contribution is -0.139. The SMILES string of the molecule is COC(=O)c1ccc(C)c(-c2ccc(/C=C3/SC(=O)N(CC(=O)N4CCOCC4)C3=O)o2)c1. The van der Waals surface area contributed by atoms with Crippen molar-refractivity contribution in [2.24, 2.45) is 0 Å². The Balaban J connectivity index is 1.50. The first-order valence-corrected chi connectivity index (χ1v) is 11.1. The van der Waals surface area contributed by atoms with Crippen molar-refractivity contribution in [2.45, 2.75) is 6.92 Å². The quantitative estimate of drug-likeness (QED) is 0.485. The number of furan rings is 1. The molecule has 1 aromatic carbocycles. The number of rotatable bonds is 5. The van der Waals surface area contributed by atoms with Crippen LogP contribution in [-0.4, -0.2) is 72.8 Å². The molecule has 172 valence electrons. The van der Waals surface area contributed by atoms with Crippen LogP contribution in [0.3, 0.4) is 0 Å². The van der Waals surface area contributed by atoms with Gasteiger partial charge in [-0.05, 0) is 48.5 Å². The van der Waals surface area contributed by atoms with Crippen molar-refractivity contribution in [1.82, 2.24) is 9.80 Å². The summed E-state index contributed by atoms with van der Waals surface area (Å²) < 4.78 is 15.9. The minimum atomic E-state index is -0.534. The van der Waals surface area contributed by atoms with Gasteiger partial charge in [-0.2, -0.15) is 0 Å². The average Bonchev–Trinajstić information content (AvgIpc) is 3.39. The zero-order valence-corrected chi connectivity index (χ0v) is 19.0. The Morgan fingerprint density at radius 2 is 1.91 bits per heavy atom. The van der Waals surface area contributed by atoms with Crippen LogP contribution < -0.4 is 0 Å². The fourth-order valence-corrected chi connectivity index (χ4v) is 4.34. The first kappa shape index (κ1) is 22.8. The molecule has 2 aliphatic rings. The Bertz CT molecular complexity index is 1150. The van der Waals surface area contributed by atoms with E-state index in [2.05, 4.69) is 0 Å². The Morgan fingerprint density at radius 1 is 1.15 bits per heavy atom. The fourth-order valence-electron chi connectivity index (χ4n) is 3.52. The van der Waals surface area contributed by atoms with Crippen LogP contribution in [0.1, 0.15) is 21.7 Å². The third kappa shape index (κ3) is 4.86. The number of carbonyl (C=O) groups excluding carboxylic acids is 4. The molecule has 0 aliphatic carbocycles. The molecule has 1 aromatic heterocycles.